The number of aliphatic hydroxyl groups is 6. The maximum atomic E-state index is 12.9. The monoisotopic (exact) mass is 462 g/mol. The van der Waals surface area contributed by atoms with Gasteiger partial charge in [0, 0.05) is 5.57 Å². The van der Waals surface area contributed by atoms with Crippen molar-refractivity contribution >= 4 is 5.97 Å². The summed E-state index contributed by atoms with van der Waals surface area (Å²) in [6, 6.07) is 0. The van der Waals surface area contributed by atoms with E-state index in [-0.39, 0.29) is 6.61 Å². The van der Waals surface area contributed by atoms with E-state index in [1.165, 1.54) is 0 Å². The lowest BCUT2D eigenvalue weighted by atomic mass is 9.73. The number of hydrogen-bond acceptors (Lipinski definition) is 11. The molecule has 0 radical (unpaired) electrons. The molecule has 2 saturated heterocycles. The molecular formula is C21H34O11. The lowest BCUT2D eigenvalue weighted by Crippen LogP contribution is -2.60. The van der Waals surface area contributed by atoms with Crippen LogP contribution in [0.5, 0.6) is 0 Å². The number of esters is 1. The van der Waals surface area contributed by atoms with Crippen LogP contribution in [0.15, 0.2) is 11.1 Å². The Labute approximate surface area is 186 Å². The summed E-state index contributed by atoms with van der Waals surface area (Å²) in [7, 11) is 0. The van der Waals surface area contributed by atoms with Gasteiger partial charge in [0.25, 0.3) is 0 Å². The van der Waals surface area contributed by atoms with Gasteiger partial charge in [0.15, 0.2) is 6.29 Å². The normalized spacial score (nSPS) is 42.6. The minimum Gasteiger partial charge on any atom is -0.429 e. The molecule has 3 rings (SSSR count). The molecule has 0 aromatic carbocycles. The first-order valence-electron chi connectivity index (χ1n) is 10.8. The molecule has 32 heavy (non-hydrogen) atoms. The molecule has 184 valence electrons. The highest BCUT2D eigenvalue weighted by Gasteiger charge is 2.47. The second kappa shape index (κ2) is 10.00. The van der Waals surface area contributed by atoms with Crippen molar-refractivity contribution in [3.8, 4) is 0 Å². The Hall–Kier alpha value is -1.15. The summed E-state index contributed by atoms with van der Waals surface area (Å²) in [6.45, 7) is 5.02. The maximum absolute atomic E-state index is 12.9. The second-order valence-corrected chi connectivity index (χ2v) is 9.40. The Morgan fingerprint density at radius 3 is 2.31 bits per heavy atom. The van der Waals surface area contributed by atoms with E-state index in [4.69, 9.17) is 18.9 Å². The van der Waals surface area contributed by atoms with E-state index in [0.29, 0.717) is 5.57 Å². The molecule has 2 fully saturated rings. The molecule has 0 unspecified atom stereocenters. The number of carbonyl (C=O) groups is 1. The third kappa shape index (κ3) is 5.16. The van der Waals surface area contributed by atoms with Crippen molar-refractivity contribution in [3.63, 3.8) is 0 Å². The zero-order valence-corrected chi connectivity index (χ0v) is 18.5. The summed E-state index contributed by atoms with van der Waals surface area (Å²) in [4.78, 5) is 12.9. The van der Waals surface area contributed by atoms with Gasteiger partial charge in [0.1, 0.15) is 42.7 Å². The SMILES string of the molecule is CC1=C(C(=O)O[C@@H]2O[C@H](CO[C@@H]3OC[C@@H](O)[C@@H](O)[C@H]3O)[C@@H](O)[C@H](O)[C@H]2O)C(C)(C)CCC1. The number of carbonyl (C=O) groups excluding carboxylic acids is 1. The fourth-order valence-electron chi connectivity index (χ4n) is 4.51. The van der Waals surface area contributed by atoms with E-state index in [1.54, 1.807) is 0 Å². The highest BCUT2D eigenvalue weighted by Crippen LogP contribution is 2.41. The van der Waals surface area contributed by atoms with Gasteiger partial charge in [-0.15, -0.1) is 0 Å². The Morgan fingerprint density at radius 1 is 1.00 bits per heavy atom. The van der Waals surface area contributed by atoms with E-state index in [1.807, 2.05) is 20.8 Å². The van der Waals surface area contributed by atoms with Crippen LogP contribution in [0.2, 0.25) is 0 Å². The van der Waals surface area contributed by atoms with Crippen molar-refractivity contribution in [1.29, 1.82) is 0 Å². The molecular weight excluding hydrogens is 428 g/mol. The van der Waals surface area contributed by atoms with Crippen LogP contribution < -0.4 is 0 Å². The van der Waals surface area contributed by atoms with Crippen molar-refractivity contribution in [1.82, 2.24) is 0 Å². The Bertz CT molecular complexity index is 708. The minimum absolute atomic E-state index is 0.275. The van der Waals surface area contributed by atoms with Crippen LogP contribution in [-0.2, 0) is 23.7 Å². The van der Waals surface area contributed by atoms with E-state index < -0.39 is 73.3 Å². The van der Waals surface area contributed by atoms with Gasteiger partial charge in [-0.3, -0.25) is 0 Å². The molecule has 0 bridgehead atoms. The molecule has 0 amide bonds. The molecule has 0 saturated carbocycles. The summed E-state index contributed by atoms with van der Waals surface area (Å²) in [5.41, 5.74) is 0.972. The minimum atomic E-state index is -1.69. The van der Waals surface area contributed by atoms with Crippen LogP contribution in [0.1, 0.15) is 40.0 Å². The van der Waals surface area contributed by atoms with Gasteiger partial charge in [0.05, 0.1) is 13.2 Å². The third-order valence-corrected chi connectivity index (χ3v) is 6.43. The van der Waals surface area contributed by atoms with Gasteiger partial charge in [0.2, 0.25) is 6.29 Å². The quantitative estimate of drug-likeness (QED) is 0.257. The third-order valence-electron chi connectivity index (χ3n) is 6.43. The summed E-state index contributed by atoms with van der Waals surface area (Å²) in [6.07, 6.45) is -10.9. The molecule has 0 spiro atoms. The number of ether oxygens (including phenoxy) is 4. The van der Waals surface area contributed by atoms with Crippen LogP contribution in [-0.4, -0.2) is 105 Å². The van der Waals surface area contributed by atoms with Crippen LogP contribution in [0.25, 0.3) is 0 Å². The first kappa shape index (κ1) is 25.5. The Balaban J connectivity index is 1.66. The zero-order chi connectivity index (χ0) is 23.8. The van der Waals surface area contributed by atoms with Crippen molar-refractivity contribution in [2.45, 2.75) is 95.3 Å². The van der Waals surface area contributed by atoms with E-state index in [0.717, 1.165) is 24.8 Å². The van der Waals surface area contributed by atoms with Crippen LogP contribution in [0.4, 0.5) is 0 Å². The molecule has 11 nitrogen and oxygen atoms in total. The largest absolute Gasteiger partial charge is 0.429 e. The summed E-state index contributed by atoms with van der Waals surface area (Å²) in [5, 5.41) is 60.0. The predicted octanol–water partition coefficient (Wildman–Crippen LogP) is -1.68. The molecule has 0 aromatic heterocycles. The number of allylic oxidation sites excluding steroid dienone is 1. The molecule has 0 aromatic rings. The van der Waals surface area contributed by atoms with Gasteiger partial charge in [-0.05, 0) is 31.6 Å². The predicted molar refractivity (Wildman–Crippen MR) is 107 cm³/mol. The molecule has 2 aliphatic heterocycles. The summed E-state index contributed by atoms with van der Waals surface area (Å²) in [5.74, 6) is -0.664. The number of rotatable bonds is 5. The number of hydrogen-bond donors (Lipinski definition) is 6. The van der Waals surface area contributed by atoms with E-state index in [9.17, 15) is 35.4 Å². The van der Waals surface area contributed by atoms with Crippen molar-refractivity contribution in [2.24, 2.45) is 5.41 Å². The summed E-state index contributed by atoms with van der Waals surface area (Å²) >= 11 is 0. The van der Waals surface area contributed by atoms with Crippen LogP contribution in [0.3, 0.4) is 0 Å². The standard InChI is InChI=1S/C21H34O11/c1-9-5-4-6-21(2,3)12(9)18(28)32-20-17(27)15(25)14(24)11(31-20)8-30-19-16(26)13(23)10(22)7-29-19/h10-11,13-17,19-20,22-27H,4-8H2,1-3H3/t10-,11-,13-,14-,15+,16-,17-,19+,20+/m1/s1. The van der Waals surface area contributed by atoms with Gasteiger partial charge in [-0.25, -0.2) is 4.79 Å². The second-order valence-electron chi connectivity index (χ2n) is 9.40. The fourth-order valence-corrected chi connectivity index (χ4v) is 4.51. The van der Waals surface area contributed by atoms with Crippen molar-refractivity contribution in [2.75, 3.05) is 13.2 Å². The van der Waals surface area contributed by atoms with E-state index in [2.05, 4.69) is 0 Å². The highest BCUT2D eigenvalue weighted by molar-refractivity contribution is 5.91. The molecule has 6 N–H and O–H groups in total. The van der Waals surface area contributed by atoms with Gasteiger partial charge in [-0.1, -0.05) is 19.4 Å². The molecule has 3 aliphatic rings. The zero-order valence-electron chi connectivity index (χ0n) is 18.5. The van der Waals surface area contributed by atoms with Crippen LogP contribution >= 0.6 is 0 Å². The average Bonchev–Trinajstić information content (AvgIpc) is 2.72. The maximum Gasteiger partial charge on any atom is 0.336 e. The summed E-state index contributed by atoms with van der Waals surface area (Å²) < 4.78 is 21.4. The van der Waals surface area contributed by atoms with Crippen molar-refractivity contribution in [3.05, 3.63) is 11.1 Å². The smallest absolute Gasteiger partial charge is 0.336 e. The lowest BCUT2D eigenvalue weighted by Gasteiger charge is -2.41. The van der Waals surface area contributed by atoms with E-state index >= 15 is 0 Å². The Kier molecular flexibility index (Phi) is 7.96. The number of aliphatic hydroxyl groups excluding tert-OH is 6. The first-order valence-corrected chi connectivity index (χ1v) is 10.8. The highest BCUT2D eigenvalue weighted by atomic mass is 16.7. The lowest BCUT2D eigenvalue weighted by molar-refractivity contribution is -0.314. The van der Waals surface area contributed by atoms with Gasteiger partial charge >= 0.3 is 5.97 Å². The van der Waals surface area contributed by atoms with Gasteiger partial charge < -0.3 is 49.6 Å². The molecule has 1 aliphatic carbocycles. The van der Waals surface area contributed by atoms with Crippen molar-refractivity contribution < 1.29 is 54.4 Å². The van der Waals surface area contributed by atoms with Gasteiger partial charge in [-0.2, -0.15) is 0 Å². The molecule has 11 heteroatoms. The van der Waals surface area contributed by atoms with Crippen LogP contribution in [0, 0.1) is 5.41 Å². The molecule has 2 heterocycles. The molecule has 9 atom stereocenters. The fraction of sp³-hybridized carbons (Fsp3) is 0.857. The average molecular weight is 462 g/mol. The Morgan fingerprint density at radius 2 is 1.66 bits per heavy atom. The topological polar surface area (TPSA) is 175 Å². The first-order chi connectivity index (χ1) is 14.9.